The molecule has 1 amide bonds. The molecule has 2 rings (SSSR count). The van der Waals surface area contributed by atoms with Crippen LogP contribution < -0.4 is 11.1 Å². The van der Waals surface area contributed by atoms with Crippen molar-refractivity contribution < 1.29 is 4.79 Å². The summed E-state index contributed by atoms with van der Waals surface area (Å²) in [6.07, 6.45) is 4.89. The third-order valence-corrected chi connectivity index (χ3v) is 4.62. The number of halogens is 1. The average Bonchev–Trinajstić information content (AvgIpc) is 2.76. The number of nitrogens with two attached hydrogens (primary N) is 1. The Morgan fingerprint density at radius 2 is 2.33 bits per heavy atom. The normalized spacial score (nSPS) is 16.6. The summed E-state index contributed by atoms with van der Waals surface area (Å²) >= 11 is 1.44. The molecule has 0 radical (unpaired) electrons. The van der Waals surface area contributed by atoms with E-state index in [1.807, 2.05) is 0 Å². The molecule has 0 aliphatic heterocycles. The molecule has 18 heavy (non-hydrogen) atoms. The van der Waals surface area contributed by atoms with Gasteiger partial charge in [-0.1, -0.05) is 13.3 Å². The lowest BCUT2D eigenvalue weighted by molar-refractivity contribution is 0.0846. The number of hydrogen-bond donors (Lipinski definition) is 2. The molecule has 1 saturated carbocycles. The summed E-state index contributed by atoms with van der Waals surface area (Å²) in [6, 6.07) is 0. The van der Waals surface area contributed by atoms with Crippen LogP contribution in [0.25, 0.3) is 0 Å². The second-order valence-electron chi connectivity index (χ2n) is 4.72. The summed E-state index contributed by atoms with van der Waals surface area (Å²) in [5, 5.41) is 5.58. The molecule has 4 nitrogen and oxygen atoms in total. The zero-order valence-corrected chi connectivity index (χ0v) is 12.2. The number of amides is 1. The quantitative estimate of drug-likeness (QED) is 0.874. The van der Waals surface area contributed by atoms with Gasteiger partial charge in [0.2, 0.25) is 0 Å². The van der Waals surface area contributed by atoms with E-state index in [4.69, 9.17) is 5.73 Å². The Kier molecular flexibility index (Phi) is 5.56. The molecule has 102 valence electrons. The standard InChI is InChI=1S/C12H19N3OS.ClH/c1-2-12(4-3-5-12)8-14-11(16)9-7-17-10(6-13)15-9;/h7H,2-6,8,13H2,1H3,(H,14,16);1H. The predicted octanol–water partition coefficient (Wildman–Crippen LogP) is 2.33. The number of carbonyl (C=O) groups is 1. The topological polar surface area (TPSA) is 68.0 Å². The molecule has 3 N–H and O–H groups in total. The molecular formula is C12H20ClN3OS. The van der Waals surface area contributed by atoms with Crippen molar-refractivity contribution >= 4 is 29.7 Å². The molecule has 1 aromatic heterocycles. The van der Waals surface area contributed by atoms with Crippen LogP contribution in [0.5, 0.6) is 0 Å². The maximum atomic E-state index is 11.9. The fourth-order valence-electron chi connectivity index (χ4n) is 2.20. The minimum atomic E-state index is -0.0688. The zero-order valence-electron chi connectivity index (χ0n) is 10.6. The van der Waals surface area contributed by atoms with Crippen LogP contribution in [0.4, 0.5) is 0 Å². The van der Waals surface area contributed by atoms with Gasteiger partial charge in [0.15, 0.2) is 0 Å². The molecule has 1 aliphatic carbocycles. The van der Waals surface area contributed by atoms with Crippen molar-refractivity contribution in [1.29, 1.82) is 0 Å². The van der Waals surface area contributed by atoms with Gasteiger partial charge in [0, 0.05) is 18.5 Å². The van der Waals surface area contributed by atoms with Crippen molar-refractivity contribution in [2.24, 2.45) is 11.1 Å². The van der Waals surface area contributed by atoms with Crippen molar-refractivity contribution in [2.45, 2.75) is 39.2 Å². The first-order valence-corrected chi connectivity index (χ1v) is 7.00. The van der Waals surface area contributed by atoms with Crippen LogP contribution in [-0.2, 0) is 6.54 Å². The Morgan fingerprint density at radius 1 is 1.61 bits per heavy atom. The van der Waals surface area contributed by atoms with Crippen LogP contribution in [-0.4, -0.2) is 17.4 Å². The Hall–Kier alpha value is -0.650. The molecule has 0 bridgehead atoms. The SMILES string of the molecule is CCC1(CNC(=O)c2csc(CN)n2)CCC1.Cl. The van der Waals surface area contributed by atoms with Gasteiger partial charge in [0.25, 0.3) is 5.91 Å². The summed E-state index contributed by atoms with van der Waals surface area (Å²) in [5.41, 5.74) is 6.33. The summed E-state index contributed by atoms with van der Waals surface area (Å²) in [6.45, 7) is 3.37. The molecule has 0 aromatic carbocycles. The predicted molar refractivity (Wildman–Crippen MR) is 76.2 cm³/mol. The van der Waals surface area contributed by atoms with E-state index >= 15 is 0 Å². The molecule has 0 atom stereocenters. The first-order valence-electron chi connectivity index (χ1n) is 6.12. The lowest BCUT2D eigenvalue weighted by atomic mass is 9.67. The van der Waals surface area contributed by atoms with Gasteiger partial charge in [-0.3, -0.25) is 4.79 Å². The molecule has 1 heterocycles. The maximum absolute atomic E-state index is 11.9. The fourth-order valence-corrected chi connectivity index (χ4v) is 2.85. The van der Waals surface area contributed by atoms with Crippen molar-refractivity contribution in [3.8, 4) is 0 Å². The number of aromatic nitrogens is 1. The molecule has 6 heteroatoms. The van der Waals surface area contributed by atoms with Crippen molar-refractivity contribution in [3.05, 3.63) is 16.1 Å². The Morgan fingerprint density at radius 3 is 2.78 bits per heavy atom. The summed E-state index contributed by atoms with van der Waals surface area (Å²) < 4.78 is 0. The van der Waals surface area contributed by atoms with Gasteiger partial charge in [-0.05, 0) is 24.7 Å². The lowest BCUT2D eigenvalue weighted by Gasteiger charge is -2.41. The number of carbonyl (C=O) groups excluding carboxylic acids is 1. The molecular weight excluding hydrogens is 270 g/mol. The Labute approximate surface area is 118 Å². The van der Waals surface area contributed by atoms with Crippen molar-refractivity contribution in [1.82, 2.24) is 10.3 Å². The van der Waals surface area contributed by atoms with E-state index in [1.54, 1.807) is 5.38 Å². The fraction of sp³-hybridized carbons (Fsp3) is 0.667. The summed E-state index contributed by atoms with van der Waals surface area (Å²) in [5.74, 6) is -0.0688. The summed E-state index contributed by atoms with van der Waals surface area (Å²) in [4.78, 5) is 16.0. The number of nitrogens with zero attached hydrogens (tertiary/aromatic N) is 1. The van der Waals surface area contributed by atoms with Crippen molar-refractivity contribution in [3.63, 3.8) is 0 Å². The van der Waals surface area contributed by atoms with Crippen LogP contribution in [0.3, 0.4) is 0 Å². The highest BCUT2D eigenvalue weighted by molar-refractivity contribution is 7.09. The molecule has 1 aliphatic rings. The van der Waals surface area contributed by atoms with Gasteiger partial charge in [0.1, 0.15) is 10.7 Å². The lowest BCUT2D eigenvalue weighted by Crippen LogP contribution is -2.41. The zero-order chi connectivity index (χ0) is 12.3. The van der Waals surface area contributed by atoms with Crippen LogP contribution in [0.2, 0.25) is 0 Å². The second kappa shape index (κ2) is 6.50. The number of nitrogens with one attached hydrogen (secondary N) is 1. The van der Waals surface area contributed by atoms with E-state index in [0.717, 1.165) is 18.0 Å². The van der Waals surface area contributed by atoms with Gasteiger partial charge < -0.3 is 11.1 Å². The number of thiazole rings is 1. The van der Waals surface area contributed by atoms with Crippen LogP contribution in [0.1, 0.15) is 48.1 Å². The van der Waals surface area contributed by atoms with Crippen LogP contribution in [0, 0.1) is 5.41 Å². The van der Waals surface area contributed by atoms with E-state index in [-0.39, 0.29) is 18.3 Å². The van der Waals surface area contributed by atoms with Crippen LogP contribution in [0.15, 0.2) is 5.38 Å². The van der Waals surface area contributed by atoms with Gasteiger partial charge in [0.05, 0.1) is 0 Å². The minimum absolute atomic E-state index is 0. The van der Waals surface area contributed by atoms with Gasteiger partial charge in [-0.2, -0.15) is 0 Å². The molecule has 1 fully saturated rings. The number of hydrogen-bond acceptors (Lipinski definition) is 4. The van der Waals surface area contributed by atoms with Gasteiger partial charge in [-0.15, -0.1) is 23.7 Å². The molecule has 1 aromatic rings. The monoisotopic (exact) mass is 289 g/mol. The Balaban J connectivity index is 0.00000162. The summed E-state index contributed by atoms with van der Waals surface area (Å²) in [7, 11) is 0. The molecule has 0 saturated heterocycles. The maximum Gasteiger partial charge on any atom is 0.270 e. The number of rotatable bonds is 5. The van der Waals surface area contributed by atoms with Crippen LogP contribution >= 0.6 is 23.7 Å². The van der Waals surface area contributed by atoms with E-state index in [9.17, 15) is 4.79 Å². The average molecular weight is 290 g/mol. The third kappa shape index (κ3) is 3.22. The van der Waals surface area contributed by atoms with E-state index in [2.05, 4.69) is 17.2 Å². The van der Waals surface area contributed by atoms with Gasteiger partial charge >= 0.3 is 0 Å². The first-order chi connectivity index (χ1) is 8.19. The largest absolute Gasteiger partial charge is 0.350 e. The minimum Gasteiger partial charge on any atom is -0.350 e. The Bertz CT molecular complexity index is 398. The highest BCUT2D eigenvalue weighted by Gasteiger charge is 2.35. The first kappa shape index (κ1) is 15.4. The highest BCUT2D eigenvalue weighted by Crippen LogP contribution is 2.43. The third-order valence-electron chi connectivity index (χ3n) is 3.75. The van der Waals surface area contributed by atoms with Gasteiger partial charge in [-0.25, -0.2) is 4.98 Å². The molecule has 0 spiro atoms. The molecule has 0 unspecified atom stereocenters. The van der Waals surface area contributed by atoms with Crippen molar-refractivity contribution in [2.75, 3.05) is 6.54 Å². The second-order valence-corrected chi connectivity index (χ2v) is 5.66. The van der Waals surface area contributed by atoms with E-state index in [0.29, 0.717) is 17.7 Å². The van der Waals surface area contributed by atoms with E-state index < -0.39 is 0 Å². The highest BCUT2D eigenvalue weighted by atomic mass is 35.5. The smallest absolute Gasteiger partial charge is 0.270 e. The van der Waals surface area contributed by atoms with E-state index in [1.165, 1.54) is 30.6 Å².